The lowest BCUT2D eigenvalue weighted by atomic mass is 9.83. The first-order chi connectivity index (χ1) is 23.5. The largest absolute Gasteiger partial charge is 0.461 e. The van der Waals surface area contributed by atoms with Gasteiger partial charge in [-0.1, -0.05) is 26.0 Å². The summed E-state index contributed by atoms with van der Waals surface area (Å²) in [4.78, 5) is 11.4. The third-order valence-electron chi connectivity index (χ3n) is 10.3. The van der Waals surface area contributed by atoms with Crippen LogP contribution < -0.4 is 21.1 Å². The summed E-state index contributed by atoms with van der Waals surface area (Å²) in [5, 5.41) is 16.0. The number of rotatable bonds is 5. The van der Waals surface area contributed by atoms with Crippen molar-refractivity contribution < 1.29 is 26.7 Å². The van der Waals surface area contributed by atoms with Crippen LogP contribution in [0, 0.1) is 28.9 Å². The minimum Gasteiger partial charge on any atom is -0.461 e. The first-order valence-electron chi connectivity index (χ1n) is 16.5. The van der Waals surface area contributed by atoms with E-state index in [9.17, 15) is 5.26 Å². The first-order valence-corrected chi connectivity index (χ1v) is 17.3. The molecule has 2 fully saturated rings. The molecule has 0 aliphatic carbocycles. The van der Waals surface area contributed by atoms with E-state index in [0.29, 0.717) is 19.5 Å². The van der Waals surface area contributed by atoms with E-state index in [1.165, 1.54) is 0 Å². The van der Waals surface area contributed by atoms with E-state index in [2.05, 4.69) is 32.1 Å². The number of aromatic nitrogens is 2. The SMILES string of the molecule is C=C1C[C@@H](CC)CNCCNc2nc(OCC34CCCN3CCC4)nc3c(F)c(-c4ccc(F)c5sc(N)c(C#N)c45)c(C(F)(F)F)c1c23. The summed E-state index contributed by atoms with van der Waals surface area (Å²) in [5.74, 6) is -2.15. The molecule has 2 aromatic heterocycles. The van der Waals surface area contributed by atoms with Gasteiger partial charge in [-0.15, -0.1) is 11.3 Å². The van der Waals surface area contributed by atoms with Crippen molar-refractivity contribution in [3.05, 3.63) is 47.0 Å². The minimum atomic E-state index is -5.11. The molecule has 7 rings (SSSR count). The van der Waals surface area contributed by atoms with Crippen molar-refractivity contribution in [1.29, 1.82) is 5.26 Å². The van der Waals surface area contributed by atoms with Gasteiger partial charge in [-0.3, -0.25) is 4.90 Å². The summed E-state index contributed by atoms with van der Waals surface area (Å²) < 4.78 is 85.2. The number of benzene rings is 2. The number of halogens is 5. The van der Waals surface area contributed by atoms with E-state index in [-0.39, 0.29) is 85.6 Å². The van der Waals surface area contributed by atoms with Crippen LogP contribution >= 0.6 is 11.3 Å². The molecule has 0 amide bonds. The van der Waals surface area contributed by atoms with Crippen molar-refractivity contribution in [2.75, 3.05) is 50.4 Å². The number of nitriles is 1. The highest BCUT2D eigenvalue weighted by atomic mass is 32.1. The lowest BCUT2D eigenvalue weighted by Crippen LogP contribution is -2.43. The van der Waals surface area contributed by atoms with Gasteiger partial charge in [0.1, 0.15) is 34.8 Å². The van der Waals surface area contributed by atoms with E-state index in [0.717, 1.165) is 62.2 Å². The molecule has 1 atom stereocenters. The van der Waals surface area contributed by atoms with Gasteiger partial charge in [0.25, 0.3) is 0 Å². The fourth-order valence-corrected chi connectivity index (χ4v) is 8.90. The van der Waals surface area contributed by atoms with Gasteiger partial charge >= 0.3 is 12.2 Å². The predicted molar refractivity (Wildman–Crippen MR) is 181 cm³/mol. The molecule has 2 aromatic carbocycles. The second-order valence-corrected chi connectivity index (χ2v) is 14.2. The first kappa shape index (κ1) is 33.4. The number of thiophene rings is 1. The standard InChI is InChI=1S/C35H36F5N7OS/c1-3-19-14-18(2)23-26-29(45-33(46-32(26)44-11-10-43-16-19)48-17-34-8-4-12-47(34)13-5-9-34)28(37)25(27(23)35(38,39)40)20-6-7-22(36)30-24(20)21(15-41)31(42)49-30/h6-7,19,43H,2-5,8-14,16-17,42H2,1H3,(H,44,45,46)/t19-/m1/s1. The number of fused-ring (bicyclic) bond motifs is 2. The van der Waals surface area contributed by atoms with Crippen LogP contribution in [0.1, 0.15) is 62.1 Å². The molecule has 3 aliphatic heterocycles. The summed E-state index contributed by atoms with van der Waals surface area (Å²) in [5.41, 5.74) is 2.55. The molecule has 0 unspecified atom stereocenters. The number of alkyl halides is 3. The van der Waals surface area contributed by atoms with Crippen molar-refractivity contribution in [3.8, 4) is 23.2 Å². The number of hydrogen-bond donors (Lipinski definition) is 3. The number of nitrogens with two attached hydrogens (primary N) is 1. The second kappa shape index (κ2) is 12.7. The maximum atomic E-state index is 17.3. The summed E-state index contributed by atoms with van der Waals surface area (Å²) in [6, 6.07) is 3.74. The molecule has 2 saturated heterocycles. The number of nitrogens with one attached hydrogen (secondary N) is 2. The number of nitrogens with zero attached hydrogens (tertiary/aromatic N) is 4. The number of nitrogen functional groups attached to an aromatic ring is 1. The lowest BCUT2D eigenvalue weighted by Gasteiger charge is -2.31. The minimum absolute atomic E-state index is 0.00204. The Morgan fingerprint density at radius 1 is 1.14 bits per heavy atom. The van der Waals surface area contributed by atoms with Gasteiger partial charge in [0.05, 0.1) is 26.8 Å². The molecule has 5 heterocycles. The van der Waals surface area contributed by atoms with Crippen LogP contribution in [0.5, 0.6) is 6.01 Å². The fourth-order valence-electron chi connectivity index (χ4n) is 7.95. The van der Waals surface area contributed by atoms with Crippen LogP contribution in [0.3, 0.4) is 0 Å². The van der Waals surface area contributed by atoms with E-state index >= 15 is 22.0 Å². The van der Waals surface area contributed by atoms with E-state index < -0.39 is 34.5 Å². The van der Waals surface area contributed by atoms with Gasteiger partial charge in [0.2, 0.25) is 0 Å². The molecule has 4 N–H and O–H groups in total. The number of ether oxygens (including phenoxy) is 1. The van der Waals surface area contributed by atoms with Crippen LogP contribution in [0.15, 0.2) is 18.7 Å². The Morgan fingerprint density at radius 2 is 1.90 bits per heavy atom. The summed E-state index contributed by atoms with van der Waals surface area (Å²) in [6.45, 7) is 9.55. The maximum absolute atomic E-state index is 17.3. The van der Waals surface area contributed by atoms with Crippen molar-refractivity contribution >= 4 is 48.7 Å². The Labute approximate surface area is 284 Å². The van der Waals surface area contributed by atoms with Gasteiger partial charge in [-0.2, -0.15) is 28.4 Å². The lowest BCUT2D eigenvalue weighted by molar-refractivity contribution is -0.137. The summed E-state index contributed by atoms with van der Waals surface area (Å²) >= 11 is 0.723. The molecule has 14 heteroatoms. The Hall–Kier alpha value is -4.06. The van der Waals surface area contributed by atoms with Crippen molar-refractivity contribution in [2.24, 2.45) is 5.92 Å². The van der Waals surface area contributed by atoms with Crippen molar-refractivity contribution in [2.45, 2.75) is 57.2 Å². The number of allylic oxidation sites excluding steroid dienone is 1. The normalized spacial score (nSPS) is 19.9. The molecule has 8 nitrogen and oxygen atoms in total. The van der Waals surface area contributed by atoms with E-state index in [1.807, 2.05) is 13.0 Å². The molecule has 0 spiro atoms. The van der Waals surface area contributed by atoms with E-state index in [1.54, 1.807) is 0 Å². The quantitative estimate of drug-likeness (QED) is 0.182. The maximum Gasteiger partial charge on any atom is 0.417 e. The molecule has 258 valence electrons. The van der Waals surface area contributed by atoms with E-state index in [4.69, 9.17) is 10.5 Å². The Balaban J connectivity index is 1.55. The zero-order chi connectivity index (χ0) is 34.7. The molecule has 3 aliphatic rings. The Kier molecular flexibility index (Phi) is 8.65. The van der Waals surface area contributed by atoms with Crippen LogP contribution in [-0.2, 0) is 6.18 Å². The topological polar surface area (TPSA) is 112 Å². The number of hydrogen-bond acceptors (Lipinski definition) is 9. The van der Waals surface area contributed by atoms with Crippen LogP contribution in [0.4, 0.5) is 32.8 Å². The molecule has 4 aromatic rings. The van der Waals surface area contributed by atoms with Crippen molar-refractivity contribution in [3.63, 3.8) is 0 Å². The Bertz CT molecular complexity index is 2010. The van der Waals surface area contributed by atoms with Gasteiger partial charge in [0.15, 0.2) is 5.82 Å². The van der Waals surface area contributed by atoms with Gasteiger partial charge in [-0.25, -0.2) is 8.78 Å². The predicted octanol–water partition coefficient (Wildman–Crippen LogP) is 7.71. The average Bonchev–Trinajstić information content (AvgIpc) is 3.74. The fraction of sp³-hybridized carbons (Fsp3) is 0.457. The van der Waals surface area contributed by atoms with Crippen LogP contribution in [-0.4, -0.2) is 59.7 Å². The van der Waals surface area contributed by atoms with Gasteiger partial charge in [-0.05, 0) is 74.9 Å². The average molecular weight is 698 g/mol. The van der Waals surface area contributed by atoms with Crippen molar-refractivity contribution in [1.82, 2.24) is 20.2 Å². The zero-order valence-corrected chi connectivity index (χ0v) is 27.8. The molecule has 0 radical (unpaired) electrons. The third kappa shape index (κ3) is 5.65. The monoisotopic (exact) mass is 697 g/mol. The Morgan fingerprint density at radius 3 is 2.59 bits per heavy atom. The highest BCUT2D eigenvalue weighted by Gasteiger charge is 2.46. The molecule has 0 bridgehead atoms. The molecule has 0 saturated carbocycles. The summed E-state index contributed by atoms with van der Waals surface area (Å²) in [7, 11) is 0. The number of anilines is 2. The highest BCUT2D eigenvalue weighted by molar-refractivity contribution is 7.23. The summed E-state index contributed by atoms with van der Waals surface area (Å²) in [6.07, 6.45) is -0.375. The van der Waals surface area contributed by atoms with Gasteiger partial charge in [0, 0.05) is 29.6 Å². The van der Waals surface area contributed by atoms with Gasteiger partial charge < -0.3 is 21.1 Å². The second-order valence-electron chi connectivity index (χ2n) is 13.2. The smallest absolute Gasteiger partial charge is 0.417 e. The molecular weight excluding hydrogens is 661 g/mol. The van der Waals surface area contributed by atoms with Crippen LogP contribution in [0.2, 0.25) is 0 Å². The zero-order valence-electron chi connectivity index (χ0n) is 27.0. The van der Waals surface area contributed by atoms with Crippen LogP contribution in [0.25, 0.3) is 37.7 Å². The molecule has 49 heavy (non-hydrogen) atoms. The molecular formula is C35H36F5N7OS. The highest BCUT2D eigenvalue weighted by Crippen LogP contribution is 2.52. The third-order valence-corrected chi connectivity index (χ3v) is 11.4.